The number of morpholine rings is 1. The molecule has 2 aliphatic heterocycles. The van der Waals surface area contributed by atoms with Crippen LogP contribution < -0.4 is 0 Å². The van der Waals surface area contributed by atoms with Gasteiger partial charge in [-0.15, -0.1) is 16.4 Å². The van der Waals surface area contributed by atoms with E-state index in [2.05, 4.69) is 15.3 Å². The molecular formula is C18H22F2N6O3S. The van der Waals surface area contributed by atoms with Gasteiger partial charge < -0.3 is 14.5 Å². The third kappa shape index (κ3) is 4.19. The molecule has 0 aliphatic carbocycles. The number of carbonyl (C=O) groups is 2. The molecule has 0 saturated carbocycles. The quantitative estimate of drug-likeness (QED) is 0.713. The number of aryl methyl sites for hydroxylation is 2. The van der Waals surface area contributed by atoms with Crippen LogP contribution in [0.2, 0.25) is 0 Å². The van der Waals surface area contributed by atoms with Crippen molar-refractivity contribution in [3.05, 3.63) is 27.5 Å². The van der Waals surface area contributed by atoms with E-state index in [4.69, 9.17) is 4.74 Å². The van der Waals surface area contributed by atoms with Gasteiger partial charge in [-0.25, -0.2) is 18.4 Å². The van der Waals surface area contributed by atoms with Gasteiger partial charge in [0.1, 0.15) is 4.88 Å². The van der Waals surface area contributed by atoms with Crippen molar-refractivity contribution in [2.24, 2.45) is 0 Å². The first-order valence-electron chi connectivity index (χ1n) is 9.63. The van der Waals surface area contributed by atoms with E-state index in [9.17, 15) is 18.4 Å². The summed E-state index contributed by atoms with van der Waals surface area (Å²) in [7, 11) is 0. The molecule has 0 bridgehead atoms. The second-order valence-corrected chi connectivity index (χ2v) is 8.73. The lowest BCUT2D eigenvalue weighted by Crippen LogP contribution is -2.40. The number of likely N-dealkylation sites (tertiary alicyclic amines) is 1. The lowest BCUT2D eigenvalue weighted by atomic mass is 10.2. The van der Waals surface area contributed by atoms with Crippen LogP contribution in [0.25, 0.3) is 0 Å². The summed E-state index contributed by atoms with van der Waals surface area (Å²) in [5, 5.41) is 8.53. The molecule has 1 atom stereocenters. The number of alkyl halides is 2. The smallest absolute Gasteiger partial charge is 0.276 e. The summed E-state index contributed by atoms with van der Waals surface area (Å²) in [4.78, 5) is 32.8. The van der Waals surface area contributed by atoms with Gasteiger partial charge in [0.05, 0.1) is 49.2 Å². The SMILES string of the molecule is Cc1nc(C)c(C(=O)N2CC(F)(F)C[C@H]2Cn2cc(C(=O)N3CCOCC3)nn2)s1. The van der Waals surface area contributed by atoms with Crippen LogP contribution in [0.5, 0.6) is 0 Å². The molecule has 2 aromatic rings. The molecule has 2 amide bonds. The maximum atomic E-state index is 14.2. The number of nitrogens with zero attached hydrogens (tertiary/aromatic N) is 6. The van der Waals surface area contributed by atoms with E-state index in [0.717, 1.165) is 0 Å². The molecule has 2 saturated heterocycles. The minimum absolute atomic E-state index is 0.0293. The Kier molecular flexibility index (Phi) is 5.53. The number of carbonyl (C=O) groups excluding carboxylic acids is 2. The Hall–Kier alpha value is -2.47. The highest BCUT2D eigenvalue weighted by Gasteiger charge is 2.47. The third-order valence-corrected chi connectivity index (χ3v) is 6.25. The fourth-order valence-electron chi connectivity index (χ4n) is 3.79. The van der Waals surface area contributed by atoms with Crippen molar-refractivity contribution in [3.8, 4) is 0 Å². The largest absolute Gasteiger partial charge is 0.378 e. The Balaban J connectivity index is 1.49. The van der Waals surface area contributed by atoms with E-state index in [0.29, 0.717) is 41.9 Å². The fraction of sp³-hybridized carbons (Fsp3) is 0.611. The molecule has 30 heavy (non-hydrogen) atoms. The van der Waals surface area contributed by atoms with Crippen LogP contribution in [0.15, 0.2) is 6.20 Å². The molecule has 2 fully saturated rings. The van der Waals surface area contributed by atoms with Crippen LogP contribution in [0.1, 0.15) is 37.3 Å². The summed E-state index contributed by atoms with van der Waals surface area (Å²) in [6.07, 6.45) is 0.973. The predicted molar refractivity (Wildman–Crippen MR) is 103 cm³/mol. The van der Waals surface area contributed by atoms with Crippen molar-refractivity contribution < 1.29 is 23.1 Å². The van der Waals surface area contributed by atoms with Crippen LogP contribution in [0.3, 0.4) is 0 Å². The molecule has 162 valence electrons. The first-order valence-corrected chi connectivity index (χ1v) is 10.4. The Bertz CT molecular complexity index is 956. The number of thiazole rings is 1. The topological polar surface area (TPSA) is 93.5 Å². The summed E-state index contributed by atoms with van der Waals surface area (Å²) >= 11 is 1.20. The zero-order valence-electron chi connectivity index (χ0n) is 16.7. The zero-order valence-corrected chi connectivity index (χ0v) is 17.5. The molecule has 2 aromatic heterocycles. The van der Waals surface area contributed by atoms with E-state index in [-0.39, 0.29) is 18.1 Å². The van der Waals surface area contributed by atoms with E-state index in [1.165, 1.54) is 27.1 Å². The van der Waals surface area contributed by atoms with Crippen molar-refractivity contribution in [1.82, 2.24) is 29.8 Å². The summed E-state index contributed by atoms with van der Waals surface area (Å²) in [6.45, 7) is 4.71. The molecule has 4 rings (SSSR count). The summed E-state index contributed by atoms with van der Waals surface area (Å²) in [5.41, 5.74) is 0.684. The maximum absolute atomic E-state index is 14.2. The van der Waals surface area contributed by atoms with Gasteiger partial charge in [0.15, 0.2) is 5.69 Å². The zero-order chi connectivity index (χ0) is 21.5. The number of ether oxygens (including phenoxy) is 1. The molecule has 9 nitrogen and oxygen atoms in total. The number of hydrogen-bond acceptors (Lipinski definition) is 7. The second-order valence-electron chi connectivity index (χ2n) is 7.52. The van der Waals surface area contributed by atoms with Crippen molar-refractivity contribution in [2.75, 3.05) is 32.8 Å². The Morgan fingerprint density at radius 3 is 2.67 bits per heavy atom. The molecule has 0 radical (unpaired) electrons. The minimum atomic E-state index is -2.99. The summed E-state index contributed by atoms with van der Waals surface area (Å²) in [5.74, 6) is -3.71. The van der Waals surface area contributed by atoms with Gasteiger partial charge in [-0.1, -0.05) is 5.21 Å². The van der Waals surface area contributed by atoms with E-state index in [1.54, 1.807) is 18.7 Å². The standard InChI is InChI=1S/C18H22F2N6O3S/c1-11-15(30-12(2)21-11)17(28)26-10-18(19,20)7-13(26)8-25-9-14(22-23-25)16(27)24-3-5-29-6-4-24/h9,13H,3-8,10H2,1-2H3/t13-/m0/s1. The molecular weight excluding hydrogens is 418 g/mol. The van der Waals surface area contributed by atoms with Gasteiger partial charge in [0.2, 0.25) is 0 Å². The third-order valence-electron chi connectivity index (χ3n) is 5.19. The second kappa shape index (κ2) is 7.99. The van der Waals surface area contributed by atoms with Gasteiger partial charge in [0.25, 0.3) is 17.7 Å². The molecule has 0 unspecified atom stereocenters. The van der Waals surface area contributed by atoms with Crippen LogP contribution in [0.4, 0.5) is 8.78 Å². The highest BCUT2D eigenvalue weighted by Crippen LogP contribution is 2.35. The lowest BCUT2D eigenvalue weighted by Gasteiger charge is -2.25. The molecule has 0 aromatic carbocycles. The van der Waals surface area contributed by atoms with Crippen LogP contribution >= 0.6 is 11.3 Å². The van der Waals surface area contributed by atoms with Gasteiger partial charge in [-0.3, -0.25) is 9.59 Å². The number of halogens is 2. The van der Waals surface area contributed by atoms with Gasteiger partial charge >= 0.3 is 0 Å². The van der Waals surface area contributed by atoms with Crippen LogP contribution in [0, 0.1) is 13.8 Å². The average molecular weight is 440 g/mol. The first kappa shape index (κ1) is 20.8. The summed E-state index contributed by atoms with van der Waals surface area (Å²) in [6, 6.07) is -0.762. The van der Waals surface area contributed by atoms with Gasteiger partial charge in [0, 0.05) is 19.5 Å². The van der Waals surface area contributed by atoms with Crippen molar-refractivity contribution >= 4 is 23.2 Å². The Morgan fingerprint density at radius 1 is 1.27 bits per heavy atom. The summed E-state index contributed by atoms with van der Waals surface area (Å²) < 4.78 is 34.9. The van der Waals surface area contributed by atoms with Crippen molar-refractivity contribution in [2.45, 2.75) is 38.8 Å². The van der Waals surface area contributed by atoms with E-state index >= 15 is 0 Å². The number of amides is 2. The lowest BCUT2D eigenvalue weighted by molar-refractivity contribution is 0.0118. The van der Waals surface area contributed by atoms with Gasteiger partial charge in [-0.05, 0) is 13.8 Å². The first-order chi connectivity index (χ1) is 14.2. The average Bonchev–Trinajstić information content (AvgIpc) is 3.38. The maximum Gasteiger partial charge on any atom is 0.276 e. The number of hydrogen-bond donors (Lipinski definition) is 0. The molecule has 0 N–H and O–H groups in total. The predicted octanol–water partition coefficient (Wildman–Crippen LogP) is 1.37. The number of aromatic nitrogens is 4. The number of rotatable bonds is 4. The Morgan fingerprint density at radius 2 is 2.00 bits per heavy atom. The van der Waals surface area contributed by atoms with Crippen molar-refractivity contribution in [1.29, 1.82) is 0 Å². The van der Waals surface area contributed by atoms with Gasteiger partial charge in [-0.2, -0.15) is 0 Å². The van der Waals surface area contributed by atoms with Crippen LogP contribution in [-0.4, -0.2) is 86.4 Å². The van der Waals surface area contributed by atoms with E-state index in [1.807, 2.05) is 0 Å². The molecule has 4 heterocycles. The monoisotopic (exact) mass is 440 g/mol. The Labute approximate surface area is 175 Å². The highest BCUT2D eigenvalue weighted by atomic mass is 32.1. The van der Waals surface area contributed by atoms with E-state index < -0.39 is 30.8 Å². The molecule has 2 aliphatic rings. The molecule has 12 heteroatoms. The molecule has 0 spiro atoms. The minimum Gasteiger partial charge on any atom is -0.378 e. The van der Waals surface area contributed by atoms with Crippen LogP contribution in [-0.2, 0) is 11.3 Å². The fourth-order valence-corrected chi connectivity index (χ4v) is 4.66. The highest BCUT2D eigenvalue weighted by molar-refractivity contribution is 7.13. The van der Waals surface area contributed by atoms with Crippen molar-refractivity contribution in [3.63, 3.8) is 0 Å². The normalized spacial score (nSPS) is 21.3.